The molecule has 1 aliphatic rings. The quantitative estimate of drug-likeness (QED) is 0.695. The van der Waals surface area contributed by atoms with Crippen LogP contribution in [-0.2, 0) is 4.79 Å². The maximum Gasteiger partial charge on any atom is 0.223 e. The van der Waals surface area contributed by atoms with E-state index in [4.69, 9.17) is 5.11 Å². The van der Waals surface area contributed by atoms with Gasteiger partial charge in [-0.15, -0.1) is 0 Å². The van der Waals surface area contributed by atoms with Gasteiger partial charge in [-0.1, -0.05) is 32.1 Å². The third-order valence-corrected chi connectivity index (χ3v) is 3.46. The summed E-state index contributed by atoms with van der Waals surface area (Å²) in [6.45, 7) is 1.31. The first-order chi connectivity index (χ1) is 8.05. The van der Waals surface area contributed by atoms with Crippen LogP contribution in [0, 0.1) is 5.92 Å². The van der Waals surface area contributed by atoms with Gasteiger partial charge in [0.05, 0.1) is 6.61 Å². The number of hydrogen-bond donors (Lipinski definition) is 3. The van der Waals surface area contributed by atoms with Gasteiger partial charge in [-0.05, 0) is 19.8 Å². The number of rotatable bonds is 4. The molecule has 0 aromatic heterocycles. The first-order valence-corrected chi connectivity index (χ1v) is 6.66. The highest BCUT2D eigenvalue weighted by molar-refractivity contribution is 5.78. The standard InChI is InChI=1S/C13H25NO3/c1-13(17,10-15)9-14-12(16)11-7-5-3-2-4-6-8-11/h11,15,17H,2-10H2,1H3,(H,14,16). The maximum atomic E-state index is 11.9. The monoisotopic (exact) mass is 243 g/mol. The molecule has 1 amide bonds. The van der Waals surface area contributed by atoms with Crippen LogP contribution in [0.15, 0.2) is 0 Å². The highest BCUT2D eigenvalue weighted by atomic mass is 16.3. The van der Waals surface area contributed by atoms with Crippen molar-refractivity contribution in [2.24, 2.45) is 5.92 Å². The highest BCUT2D eigenvalue weighted by Crippen LogP contribution is 2.22. The summed E-state index contributed by atoms with van der Waals surface area (Å²) in [5.74, 6) is 0.116. The molecule has 1 fully saturated rings. The zero-order valence-electron chi connectivity index (χ0n) is 10.7. The van der Waals surface area contributed by atoms with Crippen molar-refractivity contribution >= 4 is 5.91 Å². The molecule has 0 radical (unpaired) electrons. The summed E-state index contributed by atoms with van der Waals surface area (Å²) in [4.78, 5) is 11.9. The van der Waals surface area contributed by atoms with Crippen molar-refractivity contribution in [1.82, 2.24) is 5.32 Å². The second-order valence-electron chi connectivity index (χ2n) is 5.41. The van der Waals surface area contributed by atoms with Crippen LogP contribution in [-0.4, -0.2) is 34.9 Å². The molecule has 100 valence electrons. The molecule has 17 heavy (non-hydrogen) atoms. The number of carbonyl (C=O) groups excluding carboxylic acids is 1. The van der Waals surface area contributed by atoms with Gasteiger partial charge in [-0.3, -0.25) is 4.79 Å². The zero-order valence-corrected chi connectivity index (χ0v) is 10.7. The summed E-state index contributed by atoms with van der Waals surface area (Å²) in [5, 5.41) is 21.2. The van der Waals surface area contributed by atoms with E-state index in [-0.39, 0.29) is 25.0 Å². The molecule has 0 aliphatic heterocycles. The van der Waals surface area contributed by atoms with E-state index in [1.54, 1.807) is 0 Å². The summed E-state index contributed by atoms with van der Waals surface area (Å²) >= 11 is 0. The SMILES string of the molecule is CC(O)(CO)CNC(=O)C1CCCCCCC1. The third-order valence-electron chi connectivity index (χ3n) is 3.46. The average Bonchev–Trinajstić information content (AvgIpc) is 2.26. The van der Waals surface area contributed by atoms with Gasteiger partial charge in [-0.25, -0.2) is 0 Å². The molecule has 1 unspecified atom stereocenters. The van der Waals surface area contributed by atoms with Crippen molar-refractivity contribution in [2.45, 2.75) is 57.5 Å². The van der Waals surface area contributed by atoms with Crippen LogP contribution < -0.4 is 5.32 Å². The van der Waals surface area contributed by atoms with Crippen molar-refractivity contribution in [3.63, 3.8) is 0 Å². The van der Waals surface area contributed by atoms with E-state index in [1.807, 2.05) is 0 Å². The van der Waals surface area contributed by atoms with E-state index < -0.39 is 5.60 Å². The molecule has 3 N–H and O–H groups in total. The second kappa shape index (κ2) is 6.97. The summed E-state index contributed by atoms with van der Waals surface area (Å²) in [6.07, 6.45) is 7.87. The van der Waals surface area contributed by atoms with E-state index in [0.717, 1.165) is 25.7 Å². The topological polar surface area (TPSA) is 69.6 Å². The van der Waals surface area contributed by atoms with Crippen molar-refractivity contribution < 1.29 is 15.0 Å². The van der Waals surface area contributed by atoms with Crippen LogP contribution in [0.2, 0.25) is 0 Å². The average molecular weight is 243 g/mol. The molecule has 1 atom stereocenters. The van der Waals surface area contributed by atoms with Gasteiger partial charge in [0.15, 0.2) is 0 Å². The molecule has 0 heterocycles. The number of carbonyl (C=O) groups is 1. The lowest BCUT2D eigenvalue weighted by molar-refractivity contribution is -0.127. The van der Waals surface area contributed by atoms with Crippen LogP contribution in [0.1, 0.15) is 51.9 Å². The zero-order chi connectivity index (χ0) is 12.7. The van der Waals surface area contributed by atoms with Crippen molar-refractivity contribution in [2.75, 3.05) is 13.2 Å². The van der Waals surface area contributed by atoms with Gasteiger partial charge in [0, 0.05) is 12.5 Å². The van der Waals surface area contributed by atoms with E-state index in [0.29, 0.717) is 0 Å². The Morgan fingerprint density at radius 1 is 1.24 bits per heavy atom. The molecule has 1 rings (SSSR count). The Morgan fingerprint density at radius 3 is 2.29 bits per heavy atom. The minimum absolute atomic E-state index is 0.0284. The fraction of sp³-hybridized carbons (Fsp3) is 0.923. The number of aliphatic hydroxyl groups is 2. The lowest BCUT2D eigenvalue weighted by Gasteiger charge is -2.24. The predicted octanol–water partition coefficient (Wildman–Crippen LogP) is 1.21. The molecule has 0 spiro atoms. The Kier molecular flexibility index (Phi) is 5.92. The van der Waals surface area contributed by atoms with E-state index >= 15 is 0 Å². The first kappa shape index (κ1) is 14.5. The third kappa shape index (κ3) is 5.50. The summed E-state index contributed by atoms with van der Waals surface area (Å²) in [6, 6.07) is 0. The Morgan fingerprint density at radius 2 is 1.76 bits per heavy atom. The molecule has 0 aromatic carbocycles. The predicted molar refractivity (Wildman–Crippen MR) is 66.5 cm³/mol. The molecule has 0 bridgehead atoms. The van der Waals surface area contributed by atoms with Gasteiger partial charge in [0.25, 0.3) is 0 Å². The summed E-state index contributed by atoms with van der Waals surface area (Å²) in [7, 11) is 0. The van der Waals surface area contributed by atoms with Crippen molar-refractivity contribution in [3.05, 3.63) is 0 Å². The fourth-order valence-electron chi connectivity index (χ4n) is 2.20. The highest BCUT2D eigenvalue weighted by Gasteiger charge is 2.23. The number of aliphatic hydroxyl groups excluding tert-OH is 1. The van der Waals surface area contributed by atoms with Crippen molar-refractivity contribution in [3.8, 4) is 0 Å². The molecule has 1 saturated carbocycles. The van der Waals surface area contributed by atoms with Crippen LogP contribution >= 0.6 is 0 Å². The Labute approximate surface area is 103 Å². The number of hydrogen-bond acceptors (Lipinski definition) is 3. The second-order valence-corrected chi connectivity index (χ2v) is 5.41. The summed E-state index contributed by atoms with van der Waals surface area (Å²) in [5.41, 5.74) is -1.21. The summed E-state index contributed by atoms with van der Waals surface area (Å²) < 4.78 is 0. The van der Waals surface area contributed by atoms with Crippen LogP contribution in [0.25, 0.3) is 0 Å². The fourth-order valence-corrected chi connectivity index (χ4v) is 2.20. The molecule has 1 aliphatic carbocycles. The Hall–Kier alpha value is -0.610. The van der Waals surface area contributed by atoms with Gasteiger partial charge in [-0.2, -0.15) is 0 Å². The normalized spacial score (nSPS) is 22.3. The Balaban J connectivity index is 2.34. The van der Waals surface area contributed by atoms with E-state index in [1.165, 1.54) is 26.2 Å². The molecule has 4 nitrogen and oxygen atoms in total. The molecule has 4 heteroatoms. The number of amides is 1. The Bertz CT molecular complexity index is 233. The van der Waals surface area contributed by atoms with Gasteiger partial charge >= 0.3 is 0 Å². The van der Waals surface area contributed by atoms with Crippen LogP contribution in [0.4, 0.5) is 0 Å². The largest absolute Gasteiger partial charge is 0.393 e. The number of nitrogens with one attached hydrogen (secondary N) is 1. The van der Waals surface area contributed by atoms with Gasteiger partial charge in [0.2, 0.25) is 5.91 Å². The minimum atomic E-state index is -1.21. The lowest BCUT2D eigenvalue weighted by atomic mass is 9.90. The maximum absolute atomic E-state index is 11.9. The molecule has 0 saturated heterocycles. The molecule has 0 aromatic rings. The van der Waals surface area contributed by atoms with Crippen LogP contribution in [0.3, 0.4) is 0 Å². The minimum Gasteiger partial charge on any atom is -0.393 e. The van der Waals surface area contributed by atoms with Gasteiger partial charge in [0.1, 0.15) is 5.60 Å². The van der Waals surface area contributed by atoms with Gasteiger partial charge < -0.3 is 15.5 Å². The van der Waals surface area contributed by atoms with Crippen LogP contribution in [0.5, 0.6) is 0 Å². The molecular formula is C13H25NO3. The smallest absolute Gasteiger partial charge is 0.223 e. The van der Waals surface area contributed by atoms with Crippen molar-refractivity contribution in [1.29, 1.82) is 0 Å². The lowest BCUT2D eigenvalue weighted by Crippen LogP contribution is -2.45. The first-order valence-electron chi connectivity index (χ1n) is 6.66. The van der Waals surface area contributed by atoms with E-state index in [9.17, 15) is 9.90 Å². The molecular weight excluding hydrogens is 218 g/mol. The van der Waals surface area contributed by atoms with E-state index in [2.05, 4.69) is 5.32 Å².